The second-order valence-corrected chi connectivity index (χ2v) is 9.64. The van der Waals surface area contributed by atoms with E-state index < -0.39 is 11.8 Å². The quantitative estimate of drug-likeness (QED) is 0.193. The predicted octanol–water partition coefficient (Wildman–Crippen LogP) is 4.51. The summed E-state index contributed by atoms with van der Waals surface area (Å²) < 4.78 is 1.46. The van der Waals surface area contributed by atoms with E-state index in [9.17, 15) is 19.2 Å². The Kier molecular flexibility index (Phi) is 8.40. The van der Waals surface area contributed by atoms with Crippen molar-refractivity contribution in [2.45, 2.75) is 19.5 Å². The molecule has 0 saturated carbocycles. The van der Waals surface area contributed by atoms with Crippen LogP contribution < -0.4 is 16.0 Å². The summed E-state index contributed by atoms with van der Waals surface area (Å²) in [4.78, 5) is 50.4. The molecule has 4 aromatic carbocycles. The van der Waals surface area contributed by atoms with E-state index in [1.54, 1.807) is 48.7 Å². The number of carbonyl (C=O) groups is 4. The molecule has 8 heteroatoms. The van der Waals surface area contributed by atoms with Gasteiger partial charge in [0.2, 0.25) is 0 Å². The first-order chi connectivity index (χ1) is 20.4. The number of rotatable bonds is 8. The zero-order chi connectivity index (χ0) is 29.5. The van der Waals surface area contributed by atoms with E-state index in [4.69, 9.17) is 0 Å². The Labute approximate surface area is 243 Å². The van der Waals surface area contributed by atoms with Crippen molar-refractivity contribution in [3.8, 4) is 0 Å². The average molecular weight is 557 g/mol. The number of fused-ring (bicyclic) bond motifs is 2. The van der Waals surface area contributed by atoms with Crippen LogP contribution in [0.15, 0.2) is 103 Å². The minimum Gasteiger partial charge on any atom is -0.345 e. The number of amides is 3. The van der Waals surface area contributed by atoms with Crippen LogP contribution in [0.5, 0.6) is 0 Å². The van der Waals surface area contributed by atoms with Crippen LogP contribution in [0.2, 0.25) is 0 Å². The summed E-state index contributed by atoms with van der Waals surface area (Å²) in [5.74, 6) is -2.29. The number of hydrogen-bond donors (Lipinski definition) is 3. The van der Waals surface area contributed by atoms with Crippen LogP contribution in [0, 0.1) is 12.1 Å². The van der Waals surface area contributed by atoms with Gasteiger partial charge in [-0.3, -0.25) is 23.7 Å². The number of nitrogens with one attached hydrogen (secondary N) is 3. The summed E-state index contributed by atoms with van der Waals surface area (Å²) in [6, 6.07) is 31.6. The fraction of sp³-hybridized carbons (Fsp3) is 0.118. The molecule has 0 spiro atoms. The Morgan fingerprint density at radius 3 is 2.52 bits per heavy atom. The first-order valence-corrected chi connectivity index (χ1v) is 13.4. The number of hydrogen-bond acceptors (Lipinski definition) is 4. The molecule has 1 aromatic heterocycles. The highest BCUT2D eigenvalue weighted by molar-refractivity contribution is 6.35. The summed E-state index contributed by atoms with van der Waals surface area (Å²) in [5.41, 5.74) is 2.67. The molecule has 208 valence electrons. The highest BCUT2D eigenvalue weighted by Gasteiger charge is 2.18. The maximum Gasteiger partial charge on any atom is 0.309 e. The molecule has 0 saturated heterocycles. The van der Waals surface area contributed by atoms with Gasteiger partial charge in [-0.15, -0.1) is 0 Å². The summed E-state index contributed by atoms with van der Waals surface area (Å²) in [5, 5.41) is 11.0. The van der Waals surface area contributed by atoms with Crippen LogP contribution in [0.25, 0.3) is 21.7 Å². The van der Waals surface area contributed by atoms with Gasteiger partial charge in [0.1, 0.15) is 0 Å². The lowest BCUT2D eigenvalue weighted by molar-refractivity contribution is -0.139. The smallest absolute Gasteiger partial charge is 0.309 e. The largest absolute Gasteiger partial charge is 0.345 e. The molecule has 0 fully saturated rings. The van der Waals surface area contributed by atoms with Crippen molar-refractivity contribution in [1.29, 1.82) is 0 Å². The molecule has 8 nitrogen and oxygen atoms in total. The number of aromatic nitrogens is 1. The van der Waals surface area contributed by atoms with Gasteiger partial charge in [0.15, 0.2) is 0 Å². The minimum absolute atomic E-state index is 0.0118. The first kappa shape index (κ1) is 27.9. The van der Waals surface area contributed by atoms with Gasteiger partial charge in [-0.05, 0) is 53.1 Å². The molecule has 3 N–H and O–H groups in total. The van der Waals surface area contributed by atoms with Crippen molar-refractivity contribution in [3.63, 3.8) is 0 Å². The molecule has 42 heavy (non-hydrogen) atoms. The summed E-state index contributed by atoms with van der Waals surface area (Å²) in [6.07, 6.45) is 4.42. The zero-order valence-corrected chi connectivity index (χ0v) is 22.9. The van der Waals surface area contributed by atoms with E-state index in [0.717, 1.165) is 21.7 Å². The molecule has 3 amide bonds. The first-order valence-electron chi connectivity index (χ1n) is 13.4. The topological polar surface area (TPSA) is 109 Å². The summed E-state index contributed by atoms with van der Waals surface area (Å²) >= 11 is 0. The van der Waals surface area contributed by atoms with Gasteiger partial charge in [0.25, 0.3) is 11.8 Å². The van der Waals surface area contributed by atoms with E-state index >= 15 is 0 Å². The third kappa shape index (κ3) is 6.21. The van der Waals surface area contributed by atoms with Crippen molar-refractivity contribution in [1.82, 2.24) is 20.5 Å². The van der Waals surface area contributed by atoms with Crippen molar-refractivity contribution in [3.05, 3.63) is 132 Å². The molecular formula is C34H28N4O4. The predicted molar refractivity (Wildman–Crippen MR) is 161 cm³/mol. The third-order valence-corrected chi connectivity index (χ3v) is 6.88. The van der Waals surface area contributed by atoms with Crippen LogP contribution in [0.1, 0.15) is 39.2 Å². The highest BCUT2D eigenvalue weighted by Crippen LogP contribution is 2.24. The number of carbonyl (C=O) groups excluding carboxylic acids is 4. The van der Waals surface area contributed by atoms with Crippen LogP contribution in [0.3, 0.4) is 0 Å². The van der Waals surface area contributed by atoms with Gasteiger partial charge in [-0.25, -0.2) is 0 Å². The Hall–Kier alpha value is -5.68. The Morgan fingerprint density at radius 1 is 0.881 bits per heavy atom. The van der Waals surface area contributed by atoms with Crippen molar-refractivity contribution < 1.29 is 19.2 Å². The molecule has 0 aliphatic heterocycles. The number of benzene rings is 3. The van der Waals surface area contributed by atoms with Crippen molar-refractivity contribution in [2.75, 3.05) is 6.54 Å². The Bertz CT molecular complexity index is 1820. The van der Waals surface area contributed by atoms with Crippen LogP contribution in [-0.4, -0.2) is 34.7 Å². The van der Waals surface area contributed by atoms with Crippen LogP contribution in [-0.2, 0) is 16.1 Å². The number of allylic oxidation sites excluding steroid dienone is 1. The maximum atomic E-state index is 13.2. The average Bonchev–Trinajstić information content (AvgIpc) is 3.46. The summed E-state index contributed by atoms with van der Waals surface area (Å²) in [6.45, 7) is 1.90. The van der Waals surface area contributed by atoms with Gasteiger partial charge < -0.3 is 16.0 Å². The van der Waals surface area contributed by atoms with Gasteiger partial charge in [-0.2, -0.15) is 0 Å². The van der Waals surface area contributed by atoms with Crippen molar-refractivity contribution in [2.24, 2.45) is 0 Å². The molecule has 0 aliphatic carbocycles. The second-order valence-electron chi connectivity index (χ2n) is 9.64. The standard InChI is InChI=1S/C34H28N4O4/c1-23(27-16-8-13-24-10-2-5-14-28(24)27)37-32(40)29-15-6-3-12-26(29)22-36-34(42)33(41)35-20-9-18-31(39)38-21-19-25-11-4-7-17-30(25)38/h2-3,5-10,12-19,21,23H,20,22H2,1H3,(H,35,41)(H,36,42)(H,37,40)/b18-9+/t23-/m1/s1. The normalized spacial score (nSPS) is 11.6. The molecule has 0 bridgehead atoms. The van der Waals surface area contributed by atoms with E-state index in [1.807, 2.05) is 49.4 Å². The third-order valence-electron chi connectivity index (χ3n) is 6.88. The van der Waals surface area contributed by atoms with Gasteiger partial charge in [0, 0.05) is 30.9 Å². The lowest BCUT2D eigenvalue weighted by atomic mass is 9.99. The SMILES string of the molecule is C[C@@H](NC(=O)c1ccccc1CNC(=O)C(=O)NC/C=C/C(=O)n1ccc2c#cccc21)c1cccc2ccccc12. The summed E-state index contributed by atoms with van der Waals surface area (Å²) in [7, 11) is 0. The Morgan fingerprint density at radius 2 is 1.64 bits per heavy atom. The molecular weight excluding hydrogens is 528 g/mol. The van der Waals surface area contributed by atoms with Gasteiger partial charge >= 0.3 is 11.8 Å². The van der Waals surface area contributed by atoms with E-state index in [0.29, 0.717) is 16.6 Å². The molecule has 1 heterocycles. The molecule has 0 unspecified atom stereocenters. The van der Waals surface area contributed by atoms with E-state index in [-0.39, 0.29) is 30.9 Å². The fourth-order valence-corrected chi connectivity index (χ4v) is 4.76. The van der Waals surface area contributed by atoms with E-state index in [1.165, 1.54) is 16.7 Å². The van der Waals surface area contributed by atoms with Gasteiger partial charge in [-0.1, -0.05) is 78.9 Å². The second kappa shape index (κ2) is 12.7. The van der Waals surface area contributed by atoms with Gasteiger partial charge in [0.05, 0.1) is 16.9 Å². The van der Waals surface area contributed by atoms with E-state index in [2.05, 4.69) is 28.1 Å². The number of nitrogens with zero attached hydrogens (tertiary/aromatic N) is 1. The van der Waals surface area contributed by atoms with Crippen molar-refractivity contribution >= 4 is 45.3 Å². The molecule has 1 atom stereocenters. The lowest BCUT2D eigenvalue weighted by Crippen LogP contribution is -2.40. The van der Waals surface area contributed by atoms with Crippen LogP contribution in [0.4, 0.5) is 0 Å². The minimum atomic E-state index is -0.852. The Balaban J connectivity index is 1.14. The fourth-order valence-electron chi connectivity index (χ4n) is 4.76. The molecule has 5 rings (SSSR count). The highest BCUT2D eigenvalue weighted by atomic mass is 16.2. The monoisotopic (exact) mass is 556 g/mol. The van der Waals surface area contributed by atoms with Crippen LogP contribution >= 0.6 is 0 Å². The lowest BCUT2D eigenvalue weighted by Gasteiger charge is -2.18. The zero-order valence-electron chi connectivity index (χ0n) is 22.9. The molecule has 0 aliphatic rings. The molecule has 5 aromatic rings. The maximum absolute atomic E-state index is 13.2. The molecule has 0 radical (unpaired) electrons.